The standard InChI is InChI=1S/C16H26N2O/c1-10(2)19-12-7-11(8-18-9-12)13(17)14-15(3,4)16(14,5)6/h7-10,13-14H,17H2,1-6H3. The number of ether oxygens (including phenoxy) is 1. The molecule has 1 aliphatic carbocycles. The van der Waals surface area contributed by atoms with Gasteiger partial charge in [-0.1, -0.05) is 27.7 Å². The Hall–Kier alpha value is -1.09. The fourth-order valence-electron chi connectivity index (χ4n) is 3.29. The molecular formula is C16H26N2O. The SMILES string of the molecule is CC(C)Oc1cncc(C(N)C2C(C)(C)C2(C)C)c1. The number of hydrogen-bond donors (Lipinski definition) is 1. The average Bonchev–Trinajstić information content (AvgIpc) is 2.68. The van der Waals surface area contributed by atoms with E-state index in [9.17, 15) is 0 Å². The second-order valence-corrected chi connectivity index (χ2v) is 7.07. The van der Waals surface area contributed by atoms with Crippen molar-refractivity contribution in [2.45, 2.75) is 53.7 Å². The van der Waals surface area contributed by atoms with E-state index in [2.05, 4.69) is 32.7 Å². The minimum atomic E-state index is 0.0215. The first-order valence-electron chi connectivity index (χ1n) is 7.05. The lowest BCUT2D eigenvalue weighted by Crippen LogP contribution is -2.17. The van der Waals surface area contributed by atoms with Crippen molar-refractivity contribution < 1.29 is 4.74 Å². The minimum absolute atomic E-state index is 0.0215. The molecule has 2 N–H and O–H groups in total. The summed E-state index contributed by atoms with van der Waals surface area (Å²) in [6, 6.07) is 2.05. The summed E-state index contributed by atoms with van der Waals surface area (Å²) in [4.78, 5) is 4.26. The van der Waals surface area contributed by atoms with Crippen LogP contribution in [0, 0.1) is 16.7 Å². The topological polar surface area (TPSA) is 48.1 Å². The highest BCUT2D eigenvalue weighted by Gasteiger charge is 2.66. The molecule has 3 heteroatoms. The van der Waals surface area contributed by atoms with Gasteiger partial charge in [-0.3, -0.25) is 4.98 Å². The van der Waals surface area contributed by atoms with E-state index in [4.69, 9.17) is 10.5 Å². The predicted octanol–water partition coefficient (Wildman–Crippen LogP) is 3.55. The molecule has 19 heavy (non-hydrogen) atoms. The fraction of sp³-hybridized carbons (Fsp3) is 0.688. The van der Waals surface area contributed by atoms with Crippen molar-refractivity contribution in [1.82, 2.24) is 4.98 Å². The van der Waals surface area contributed by atoms with Crippen LogP contribution in [0.4, 0.5) is 0 Å². The van der Waals surface area contributed by atoms with Crippen LogP contribution in [0.15, 0.2) is 18.5 Å². The first-order valence-corrected chi connectivity index (χ1v) is 7.05. The van der Waals surface area contributed by atoms with Crippen molar-refractivity contribution in [3.05, 3.63) is 24.0 Å². The average molecular weight is 262 g/mol. The second kappa shape index (κ2) is 4.48. The molecule has 0 radical (unpaired) electrons. The van der Waals surface area contributed by atoms with Crippen LogP contribution in [0.5, 0.6) is 5.75 Å². The highest BCUT2D eigenvalue weighted by atomic mass is 16.5. The Kier molecular flexibility index (Phi) is 3.38. The summed E-state index contributed by atoms with van der Waals surface area (Å²) in [6.07, 6.45) is 3.77. The van der Waals surface area contributed by atoms with Crippen LogP contribution in [-0.4, -0.2) is 11.1 Å². The summed E-state index contributed by atoms with van der Waals surface area (Å²) in [5.41, 5.74) is 8.08. The van der Waals surface area contributed by atoms with Crippen LogP contribution < -0.4 is 10.5 Å². The van der Waals surface area contributed by atoms with Crippen LogP contribution in [0.1, 0.15) is 53.1 Å². The molecule has 0 amide bonds. The van der Waals surface area contributed by atoms with E-state index >= 15 is 0 Å². The van der Waals surface area contributed by atoms with Crippen LogP contribution in [0.25, 0.3) is 0 Å². The Bertz CT molecular complexity index is 452. The Labute approximate surface area is 116 Å². The highest BCUT2D eigenvalue weighted by Crippen LogP contribution is 2.71. The van der Waals surface area contributed by atoms with Gasteiger partial charge in [0.05, 0.1) is 12.3 Å². The number of nitrogens with zero attached hydrogens (tertiary/aromatic N) is 1. The van der Waals surface area contributed by atoms with Gasteiger partial charge < -0.3 is 10.5 Å². The molecule has 0 spiro atoms. The molecule has 106 valence electrons. The smallest absolute Gasteiger partial charge is 0.138 e. The van der Waals surface area contributed by atoms with Gasteiger partial charge in [0.1, 0.15) is 5.75 Å². The van der Waals surface area contributed by atoms with Crippen molar-refractivity contribution in [1.29, 1.82) is 0 Å². The zero-order valence-corrected chi connectivity index (χ0v) is 12.9. The molecule has 1 unspecified atom stereocenters. The third-order valence-electron chi connectivity index (χ3n) is 4.98. The van der Waals surface area contributed by atoms with Gasteiger partial charge in [-0.2, -0.15) is 0 Å². The van der Waals surface area contributed by atoms with Gasteiger partial charge >= 0.3 is 0 Å². The lowest BCUT2D eigenvalue weighted by atomic mass is 9.99. The van der Waals surface area contributed by atoms with E-state index in [1.807, 2.05) is 26.1 Å². The van der Waals surface area contributed by atoms with E-state index in [-0.39, 0.29) is 23.0 Å². The number of rotatable bonds is 4. The molecule has 2 rings (SSSR count). The first kappa shape index (κ1) is 14.3. The lowest BCUT2D eigenvalue weighted by Gasteiger charge is -2.16. The quantitative estimate of drug-likeness (QED) is 0.902. The third kappa shape index (κ3) is 2.36. The zero-order valence-electron chi connectivity index (χ0n) is 12.9. The molecule has 1 saturated carbocycles. The predicted molar refractivity (Wildman–Crippen MR) is 78.0 cm³/mol. The molecular weight excluding hydrogens is 236 g/mol. The van der Waals surface area contributed by atoms with E-state index < -0.39 is 0 Å². The maximum absolute atomic E-state index is 6.46. The van der Waals surface area contributed by atoms with Gasteiger partial charge in [0.2, 0.25) is 0 Å². The normalized spacial score (nSPS) is 22.3. The van der Waals surface area contributed by atoms with E-state index in [0.29, 0.717) is 5.92 Å². The van der Waals surface area contributed by atoms with E-state index in [1.165, 1.54) is 0 Å². The van der Waals surface area contributed by atoms with E-state index in [0.717, 1.165) is 11.3 Å². The Morgan fingerprint density at radius 3 is 2.21 bits per heavy atom. The molecule has 0 aliphatic heterocycles. The summed E-state index contributed by atoms with van der Waals surface area (Å²) < 4.78 is 5.69. The fourth-order valence-corrected chi connectivity index (χ4v) is 3.29. The van der Waals surface area contributed by atoms with Crippen LogP contribution in [-0.2, 0) is 0 Å². The van der Waals surface area contributed by atoms with Crippen molar-refractivity contribution in [2.24, 2.45) is 22.5 Å². The molecule has 1 atom stereocenters. The monoisotopic (exact) mass is 262 g/mol. The van der Waals surface area contributed by atoms with Crippen molar-refractivity contribution in [3.63, 3.8) is 0 Å². The van der Waals surface area contributed by atoms with Gasteiger partial charge in [-0.05, 0) is 42.2 Å². The number of hydrogen-bond acceptors (Lipinski definition) is 3. The second-order valence-electron chi connectivity index (χ2n) is 7.07. The first-order chi connectivity index (χ1) is 8.68. The van der Waals surface area contributed by atoms with Crippen LogP contribution in [0.3, 0.4) is 0 Å². The minimum Gasteiger partial charge on any atom is -0.489 e. The summed E-state index contributed by atoms with van der Waals surface area (Å²) in [5, 5.41) is 0. The molecule has 3 nitrogen and oxygen atoms in total. The van der Waals surface area contributed by atoms with Gasteiger partial charge in [0.15, 0.2) is 0 Å². The molecule has 1 aromatic heterocycles. The molecule has 0 bridgehead atoms. The molecule has 1 aliphatic rings. The summed E-state index contributed by atoms with van der Waals surface area (Å²) in [6.45, 7) is 13.2. The molecule has 1 fully saturated rings. The Morgan fingerprint density at radius 2 is 1.74 bits per heavy atom. The largest absolute Gasteiger partial charge is 0.489 e. The zero-order chi connectivity index (χ0) is 14.4. The van der Waals surface area contributed by atoms with Gasteiger partial charge in [-0.25, -0.2) is 0 Å². The third-order valence-corrected chi connectivity index (χ3v) is 4.98. The summed E-state index contributed by atoms with van der Waals surface area (Å²) in [7, 11) is 0. The van der Waals surface area contributed by atoms with Crippen molar-refractivity contribution >= 4 is 0 Å². The Balaban J connectivity index is 2.19. The maximum atomic E-state index is 6.46. The van der Waals surface area contributed by atoms with E-state index in [1.54, 1.807) is 6.20 Å². The maximum Gasteiger partial charge on any atom is 0.138 e. The van der Waals surface area contributed by atoms with Gasteiger partial charge in [0.25, 0.3) is 0 Å². The number of nitrogens with two attached hydrogens (primary N) is 1. The number of pyridine rings is 1. The van der Waals surface area contributed by atoms with Gasteiger partial charge in [-0.15, -0.1) is 0 Å². The molecule has 0 saturated heterocycles. The van der Waals surface area contributed by atoms with Crippen molar-refractivity contribution in [2.75, 3.05) is 0 Å². The molecule has 1 aromatic rings. The number of aromatic nitrogens is 1. The van der Waals surface area contributed by atoms with Crippen LogP contribution >= 0.6 is 0 Å². The Morgan fingerprint density at radius 1 is 1.16 bits per heavy atom. The molecule has 1 heterocycles. The summed E-state index contributed by atoms with van der Waals surface area (Å²) in [5.74, 6) is 1.29. The van der Waals surface area contributed by atoms with Crippen LogP contribution in [0.2, 0.25) is 0 Å². The summed E-state index contributed by atoms with van der Waals surface area (Å²) >= 11 is 0. The molecule has 0 aromatic carbocycles. The van der Waals surface area contributed by atoms with Gasteiger partial charge in [0, 0.05) is 12.2 Å². The lowest BCUT2D eigenvalue weighted by molar-refractivity contribution is 0.241. The highest BCUT2D eigenvalue weighted by molar-refractivity contribution is 5.30. The van der Waals surface area contributed by atoms with Crippen molar-refractivity contribution in [3.8, 4) is 5.75 Å².